The van der Waals surface area contributed by atoms with Crippen LogP contribution in [0, 0.1) is 35.0 Å². The molecule has 2 heteroatoms. The van der Waals surface area contributed by atoms with E-state index in [1.54, 1.807) is 12.1 Å². The second kappa shape index (κ2) is 7.20. The van der Waals surface area contributed by atoms with E-state index in [2.05, 4.69) is 45.7 Å². The summed E-state index contributed by atoms with van der Waals surface area (Å²) in [6, 6.07) is 17.1. The standard InChI is InChI=1S/C18H10BrN/c19-18-12-10-16(11-13-18)5-3-1-2-4-15-6-8-17(14-20)9-7-15/h6-13H,1H2. The molecule has 0 aliphatic rings. The van der Waals surface area contributed by atoms with E-state index in [0.717, 1.165) is 15.6 Å². The third-order valence-electron chi connectivity index (χ3n) is 2.50. The molecule has 2 aromatic rings. The highest BCUT2D eigenvalue weighted by Gasteiger charge is 1.88. The molecule has 0 aliphatic heterocycles. The Morgan fingerprint density at radius 1 is 0.750 bits per heavy atom. The van der Waals surface area contributed by atoms with Crippen LogP contribution in [0.15, 0.2) is 53.0 Å². The first-order valence-corrected chi connectivity index (χ1v) is 6.81. The van der Waals surface area contributed by atoms with Crippen LogP contribution in [-0.4, -0.2) is 0 Å². The number of rotatable bonds is 0. The van der Waals surface area contributed by atoms with E-state index in [0.29, 0.717) is 12.0 Å². The van der Waals surface area contributed by atoms with Gasteiger partial charge in [-0.25, -0.2) is 0 Å². The van der Waals surface area contributed by atoms with E-state index < -0.39 is 0 Å². The van der Waals surface area contributed by atoms with Gasteiger partial charge in [0.05, 0.1) is 18.1 Å². The van der Waals surface area contributed by atoms with Crippen molar-refractivity contribution in [2.24, 2.45) is 0 Å². The van der Waals surface area contributed by atoms with Crippen LogP contribution in [0.3, 0.4) is 0 Å². The van der Waals surface area contributed by atoms with Crippen molar-refractivity contribution >= 4 is 15.9 Å². The Labute approximate surface area is 127 Å². The third-order valence-corrected chi connectivity index (χ3v) is 3.03. The number of nitrogens with zero attached hydrogens (tertiary/aromatic N) is 1. The summed E-state index contributed by atoms with van der Waals surface area (Å²) in [6.45, 7) is 0. The molecule has 0 saturated heterocycles. The summed E-state index contributed by atoms with van der Waals surface area (Å²) >= 11 is 3.38. The zero-order valence-corrected chi connectivity index (χ0v) is 12.2. The van der Waals surface area contributed by atoms with Crippen molar-refractivity contribution in [2.75, 3.05) is 0 Å². The van der Waals surface area contributed by atoms with Gasteiger partial charge in [-0.1, -0.05) is 39.6 Å². The van der Waals surface area contributed by atoms with E-state index >= 15 is 0 Å². The number of benzene rings is 2. The van der Waals surface area contributed by atoms with Crippen LogP contribution in [0.1, 0.15) is 23.1 Å². The molecule has 94 valence electrons. The molecule has 0 amide bonds. The second-order valence-electron chi connectivity index (χ2n) is 3.98. The molecule has 0 atom stereocenters. The van der Waals surface area contributed by atoms with Crippen LogP contribution in [0.2, 0.25) is 0 Å². The average Bonchev–Trinajstić information content (AvgIpc) is 2.49. The Bertz CT molecular complexity index is 742. The smallest absolute Gasteiger partial charge is 0.0991 e. The summed E-state index contributed by atoms with van der Waals surface area (Å²) in [5.74, 6) is 12.1. The number of hydrogen-bond donors (Lipinski definition) is 0. The molecule has 20 heavy (non-hydrogen) atoms. The van der Waals surface area contributed by atoms with Gasteiger partial charge in [-0.05, 0) is 48.5 Å². The maximum absolute atomic E-state index is 8.69. The molecule has 2 rings (SSSR count). The fourth-order valence-electron chi connectivity index (χ4n) is 1.50. The van der Waals surface area contributed by atoms with Crippen LogP contribution in [0.4, 0.5) is 0 Å². The van der Waals surface area contributed by atoms with Gasteiger partial charge in [-0.2, -0.15) is 5.26 Å². The topological polar surface area (TPSA) is 23.8 Å². The summed E-state index contributed by atoms with van der Waals surface area (Å²) in [5, 5.41) is 8.69. The molecule has 0 aliphatic carbocycles. The van der Waals surface area contributed by atoms with Crippen molar-refractivity contribution in [1.82, 2.24) is 0 Å². The number of nitriles is 1. The van der Waals surface area contributed by atoms with Crippen LogP contribution >= 0.6 is 15.9 Å². The van der Waals surface area contributed by atoms with E-state index in [1.807, 2.05) is 36.4 Å². The molecule has 0 radical (unpaired) electrons. The van der Waals surface area contributed by atoms with Crippen LogP contribution in [0.25, 0.3) is 0 Å². The zero-order valence-electron chi connectivity index (χ0n) is 10.7. The lowest BCUT2D eigenvalue weighted by atomic mass is 10.1. The largest absolute Gasteiger partial charge is 0.192 e. The number of hydrogen-bond acceptors (Lipinski definition) is 1. The summed E-state index contributed by atoms with van der Waals surface area (Å²) in [6.07, 6.45) is 0.524. The van der Waals surface area contributed by atoms with Crippen molar-refractivity contribution in [3.8, 4) is 29.8 Å². The lowest BCUT2D eigenvalue weighted by molar-refractivity contribution is 1.48. The van der Waals surface area contributed by atoms with Gasteiger partial charge in [0.25, 0.3) is 0 Å². The van der Waals surface area contributed by atoms with E-state index in [1.165, 1.54) is 0 Å². The minimum atomic E-state index is 0.524. The highest BCUT2D eigenvalue weighted by Crippen LogP contribution is 2.09. The van der Waals surface area contributed by atoms with Crippen LogP contribution < -0.4 is 0 Å². The highest BCUT2D eigenvalue weighted by molar-refractivity contribution is 9.10. The SMILES string of the molecule is N#Cc1ccc(C#CCC#Cc2ccc(Br)cc2)cc1. The van der Waals surface area contributed by atoms with E-state index in [9.17, 15) is 0 Å². The molecule has 0 heterocycles. The fourth-order valence-corrected chi connectivity index (χ4v) is 1.76. The second-order valence-corrected chi connectivity index (χ2v) is 4.89. The normalized spacial score (nSPS) is 8.60. The summed E-state index contributed by atoms with van der Waals surface area (Å²) < 4.78 is 1.05. The average molecular weight is 320 g/mol. The molecule has 0 N–H and O–H groups in total. The van der Waals surface area contributed by atoms with Gasteiger partial charge in [-0.15, -0.1) is 0 Å². The van der Waals surface area contributed by atoms with Crippen molar-refractivity contribution < 1.29 is 0 Å². The molecule has 0 unspecified atom stereocenters. The monoisotopic (exact) mass is 319 g/mol. The van der Waals surface area contributed by atoms with Gasteiger partial charge >= 0.3 is 0 Å². The molecule has 0 aromatic heterocycles. The minimum Gasteiger partial charge on any atom is -0.192 e. The molecular weight excluding hydrogens is 310 g/mol. The van der Waals surface area contributed by atoms with Crippen molar-refractivity contribution in [3.05, 3.63) is 69.7 Å². The Morgan fingerprint density at radius 3 is 1.70 bits per heavy atom. The maximum atomic E-state index is 8.69. The molecule has 0 saturated carbocycles. The molecule has 0 spiro atoms. The predicted octanol–water partition coefficient (Wildman–Crippen LogP) is 4.11. The van der Waals surface area contributed by atoms with Crippen molar-refractivity contribution in [1.29, 1.82) is 5.26 Å². The Hall–Kier alpha value is -2.47. The van der Waals surface area contributed by atoms with Gasteiger partial charge < -0.3 is 0 Å². The first-order chi connectivity index (χ1) is 9.78. The lowest BCUT2D eigenvalue weighted by Crippen LogP contribution is -1.76. The Kier molecular flexibility index (Phi) is 5.02. The molecular formula is C18H10BrN. The summed E-state index contributed by atoms with van der Waals surface area (Å²) in [5.41, 5.74) is 2.52. The van der Waals surface area contributed by atoms with Gasteiger partial charge in [-0.3, -0.25) is 0 Å². The number of halogens is 1. The molecule has 0 bridgehead atoms. The van der Waals surface area contributed by atoms with E-state index in [4.69, 9.17) is 5.26 Å². The third kappa shape index (κ3) is 4.33. The molecule has 1 nitrogen and oxygen atoms in total. The van der Waals surface area contributed by atoms with Gasteiger partial charge in [0.1, 0.15) is 0 Å². The maximum Gasteiger partial charge on any atom is 0.0991 e. The van der Waals surface area contributed by atoms with Crippen molar-refractivity contribution in [2.45, 2.75) is 6.42 Å². The van der Waals surface area contributed by atoms with Crippen LogP contribution in [-0.2, 0) is 0 Å². The van der Waals surface area contributed by atoms with Gasteiger partial charge in [0, 0.05) is 15.6 Å². The first-order valence-electron chi connectivity index (χ1n) is 6.01. The van der Waals surface area contributed by atoms with Gasteiger partial charge in [0.15, 0.2) is 0 Å². The lowest BCUT2D eigenvalue weighted by Gasteiger charge is -1.90. The quantitative estimate of drug-likeness (QED) is 0.670. The predicted molar refractivity (Wildman–Crippen MR) is 83.7 cm³/mol. The van der Waals surface area contributed by atoms with Gasteiger partial charge in [0.2, 0.25) is 0 Å². The first kappa shape index (κ1) is 14.0. The molecule has 0 fully saturated rings. The summed E-state index contributed by atoms with van der Waals surface area (Å²) in [7, 11) is 0. The fraction of sp³-hybridized carbons (Fsp3) is 0.0556. The van der Waals surface area contributed by atoms with Crippen LogP contribution in [0.5, 0.6) is 0 Å². The Morgan fingerprint density at radius 2 is 1.20 bits per heavy atom. The zero-order chi connectivity index (χ0) is 14.2. The van der Waals surface area contributed by atoms with Crippen molar-refractivity contribution in [3.63, 3.8) is 0 Å². The Balaban J connectivity index is 1.95. The molecule has 2 aromatic carbocycles. The highest BCUT2D eigenvalue weighted by atomic mass is 79.9. The van der Waals surface area contributed by atoms with E-state index in [-0.39, 0.29) is 0 Å². The minimum absolute atomic E-state index is 0.524. The summed E-state index contributed by atoms with van der Waals surface area (Å²) in [4.78, 5) is 0.